The Morgan fingerprint density at radius 3 is 2.80 bits per heavy atom. The minimum Gasteiger partial charge on any atom is -0.346 e. The predicted molar refractivity (Wildman–Crippen MR) is 59.6 cm³/mol. The summed E-state index contributed by atoms with van der Waals surface area (Å²) in [5.41, 5.74) is 6.60. The second kappa shape index (κ2) is 4.40. The van der Waals surface area contributed by atoms with Crippen LogP contribution in [0, 0.1) is 6.92 Å². The zero-order valence-electron chi connectivity index (χ0n) is 9.37. The molecule has 0 spiro atoms. The van der Waals surface area contributed by atoms with Crippen LogP contribution in [0.25, 0.3) is 0 Å². The van der Waals surface area contributed by atoms with Crippen molar-refractivity contribution in [2.24, 2.45) is 5.73 Å². The molecule has 0 unspecified atom stereocenters. The van der Waals surface area contributed by atoms with Gasteiger partial charge in [-0.2, -0.15) is 0 Å². The molecule has 0 aromatic carbocycles. The smallest absolute Gasteiger partial charge is 0.251 e. The summed E-state index contributed by atoms with van der Waals surface area (Å²) in [5.74, 6) is -0.115. The second-order valence-corrected chi connectivity index (χ2v) is 4.23. The van der Waals surface area contributed by atoms with Crippen LogP contribution < -0.4 is 11.1 Å². The number of amides is 1. The molecule has 1 aromatic rings. The van der Waals surface area contributed by atoms with Crippen molar-refractivity contribution in [3.8, 4) is 0 Å². The SMILES string of the molecule is Cc1cc(C(=O)NC(C)(C)CN)ccn1. The second-order valence-electron chi connectivity index (χ2n) is 4.23. The third-order valence-corrected chi connectivity index (χ3v) is 2.12. The molecule has 0 radical (unpaired) electrons. The molecule has 15 heavy (non-hydrogen) atoms. The van der Waals surface area contributed by atoms with Gasteiger partial charge >= 0.3 is 0 Å². The molecular weight excluding hydrogens is 190 g/mol. The Balaban J connectivity index is 2.78. The summed E-state index contributed by atoms with van der Waals surface area (Å²) >= 11 is 0. The minimum absolute atomic E-state index is 0.115. The molecule has 0 atom stereocenters. The molecule has 82 valence electrons. The molecule has 1 aromatic heterocycles. The average Bonchev–Trinajstić information content (AvgIpc) is 2.17. The summed E-state index contributed by atoms with van der Waals surface area (Å²) in [7, 11) is 0. The van der Waals surface area contributed by atoms with Crippen LogP contribution in [0.4, 0.5) is 0 Å². The number of rotatable bonds is 3. The molecule has 0 fully saturated rings. The number of pyridine rings is 1. The largest absolute Gasteiger partial charge is 0.346 e. The number of hydrogen-bond donors (Lipinski definition) is 2. The van der Waals surface area contributed by atoms with Gasteiger partial charge in [0.15, 0.2) is 0 Å². The van der Waals surface area contributed by atoms with Crippen LogP contribution >= 0.6 is 0 Å². The topological polar surface area (TPSA) is 68.0 Å². The van der Waals surface area contributed by atoms with Gasteiger partial charge in [-0.3, -0.25) is 9.78 Å². The van der Waals surface area contributed by atoms with E-state index in [9.17, 15) is 4.79 Å². The van der Waals surface area contributed by atoms with E-state index < -0.39 is 0 Å². The number of nitrogens with two attached hydrogens (primary N) is 1. The number of nitrogens with one attached hydrogen (secondary N) is 1. The zero-order chi connectivity index (χ0) is 11.5. The monoisotopic (exact) mass is 207 g/mol. The fraction of sp³-hybridized carbons (Fsp3) is 0.455. The van der Waals surface area contributed by atoms with E-state index in [4.69, 9.17) is 5.73 Å². The molecule has 0 saturated heterocycles. The fourth-order valence-electron chi connectivity index (χ4n) is 1.12. The van der Waals surface area contributed by atoms with E-state index in [0.29, 0.717) is 12.1 Å². The summed E-state index contributed by atoms with van der Waals surface area (Å²) in [6.07, 6.45) is 1.62. The van der Waals surface area contributed by atoms with Gasteiger partial charge < -0.3 is 11.1 Å². The van der Waals surface area contributed by atoms with Crippen LogP contribution in [-0.2, 0) is 0 Å². The molecule has 1 heterocycles. The van der Waals surface area contributed by atoms with E-state index in [1.165, 1.54) is 0 Å². The average molecular weight is 207 g/mol. The van der Waals surface area contributed by atoms with Crippen LogP contribution in [0.1, 0.15) is 29.9 Å². The highest BCUT2D eigenvalue weighted by atomic mass is 16.1. The maximum absolute atomic E-state index is 11.8. The molecule has 0 saturated carbocycles. The summed E-state index contributed by atoms with van der Waals surface area (Å²) in [4.78, 5) is 15.8. The predicted octanol–water partition coefficient (Wildman–Crippen LogP) is 0.857. The van der Waals surface area contributed by atoms with Crippen LogP contribution in [0.3, 0.4) is 0 Å². The molecule has 1 amide bonds. The molecule has 0 aliphatic rings. The molecular formula is C11H17N3O. The lowest BCUT2D eigenvalue weighted by molar-refractivity contribution is 0.0915. The van der Waals surface area contributed by atoms with Gasteiger partial charge in [0.05, 0.1) is 0 Å². The molecule has 4 nitrogen and oxygen atoms in total. The Kier molecular flexibility index (Phi) is 3.42. The number of hydrogen-bond acceptors (Lipinski definition) is 3. The van der Waals surface area contributed by atoms with Gasteiger partial charge in [-0.15, -0.1) is 0 Å². The van der Waals surface area contributed by atoms with Crippen molar-refractivity contribution in [1.82, 2.24) is 10.3 Å². The van der Waals surface area contributed by atoms with Gasteiger partial charge in [-0.05, 0) is 32.9 Å². The molecule has 3 N–H and O–H groups in total. The van der Waals surface area contributed by atoms with E-state index in [0.717, 1.165) is 5.69 Å². The lowest BCUT2D eigenvalue weighted by atomic mass is 10.1. The number of carbonyl (C=O) groups is 1. The Bertz CT molecular complexity index is 361. The fourth-order valence-corrected chi connectivity index (χ4v) is 1.12. The summed E-state index contributed by atoms with van der Waals surface area (Å²) in [6.45, 7) is 6.03. The first kappa shape index (κ1) is 11.7. The van der Waals surface area contributed by atoms with Crippen molar-refractivity contribution in [3.05, 3.63) is 29.6 Å². The maximum Gasteiger partial charge on any atom is 0.251 e. The minimum atomic E-state index is -0.381. The van der Waals surface area contributed by atoms with Crippen molar-refractivity contribution in [2.75, 3.05) is 6.54 Å². The van der Waals surface area contributed by atoms with Crippen molar-refractivity contribution >= 4 is 5.91 Å². The van der Waals surface area contributed by atoms with Gasteiger partial charge in [0.25, 0.3) is 5.91 Å². The first-order valence-electron chi connectivity index (χ1n) is 4.90. The van der Waals surface area contributed by atoms with Crippen LogP contribution in [-0.4, -0.2) is 23.0 Å². The van der Waals surface area contributed by atoms with E-state index in [2.05, 4.69) is 10.3 Å². The molecule has 0 aliphatic heterocycles. The third kappa shape index (κ3) is 3.32. The molecule has 4 heteroatoms. The van der Waals surface area contributed by atoms with Crippen LogP contribution in [0.15, 0.2) is 18.3 Å². The van der Waals surface area contributed by atoms with Crippen LogP contribution in [0.5, 0.6) is 0 Å². The van der Waals surface area contributed by atoms with Crippen molar-refractivity contribution < 1.29 is 4.79 Å². The van der Waals surface area contributed by atoms with Gasteiger partial charge in [0.1, 0.15) is 0 Å². The van der Waals surface area contributed by atoms with Crippen LogP contribution in [0.2, 0.25) is 0 Å². The number of nitrogens with zero attached hydrogens (tertiary/aromatic N) is 1. The molecule has 0 aliphatic carbocycles. The number of aryl methyl sites for hydroxylation is 1. The van der Waals surface area contributed by atoms with Gasteiger partial charge in [0, 0.05) is 29.5 Å². The van der Waals surface area contributed by atoms with E-state index in [-0.39, 0.29) is 11.4 Å². The van der Waals surface area contributed by atoms with Gasteiger partial charge in [-0.1, -0.05) is 0 Å². The third-order valence-electron chi connectivity index (χ3n) is 2.12. The molecule has 1 rings (SSSR count). The summed E-state index contributed by atoms with van der Waals surface area (Å²) < 4.78 is 0. The van der Waals surface area contributed by atoms with Gasteiger partial charge in [-0.25, -0.2) is 0 Å². The number of carbonyl (C=O) groups excluding carboxylic acids is 1. The Morgan fingerprint density at radius 2 is 2.27 bits per heavy atom. The normalized spacial score (nSPS) is 11.2. The van der Waals surface area contributed by atoms with Crippen molar-refractivity contribution in [3.63, 3.8) is 0 Å². The zero-order valence-corrected chi connectivity index (χ0v) is 9.37. The highest BCUT2D eigenvalue weighted by Crippen LogP contribution is 2.04. The Labute approximate surface area is 89.9 Å². The number of aromatic nitrogens is 1. The van der Waals surface area contributed by atoms with E-state index in [1.807, 2.05) is 20.8 Å². The van der Waals surface area contributed by atoms with Crippen molar-refractivity contribution in [1.29, 1.82) is 0 Å². The first-order chi connectivity index (χ1) is 6.94. The van der Waals surface area contributed by atoms with E-state index in [1.54, 1.807) is 18.3 Å². The lowest BCUT2D eigenvalue weighted by Crippen LogP contribution is -2.48. The highest BCUT2D eigenvalue weighted by molar-refractivity contribution is 5.94. The maximum atomic E-state index is 11.8. The van der Waals surface area contributed by atoms with Crippen molar-refractivity contribution in [2.45, 2.75) is 26.3 Å². The molecule has 0 bridgehead atoms. The summed E-state index contributed by atoms with van der Waals surface area (Å²) in [6, 6.07) is 3.44. The lowest BCUT2D eigenvalue weighted by Gasteiger charge is -2.24. The Morgan fingerprint density at radius 1 is 1.60 bits per heavy atom. The quantitative estimate of drug-likeness (QED) is 0.772. The summed E-state index contributed by atoms with van der Waals surface area (Å²) in [5, 5.41) is 2.86. The first-order valence-corrected chi connectivity index (χ1v) is 4.90. The van der Waals surface area contributed by atoms with E-state index >= 15 is 0 Å². The highest BCUT2D eigenvalue weighted by Gasteiger charge is 2.19. The standard InChI is InChI=1S/C11H17N3O/c1-8-6-9(4-5-13-8)10(15)14-11(2,3)7-12/h4-6H,7,12H2,1-3H3,(H,14,15). The van der Waals surface area contributed by atoms with Gasteiger partial charge in [0.2, 0.25) is 0 Å². The Hall–Kier alpha value is -1.42.